The lowest BCUT2D eigenvalue weighted by atomic mass is 9.90. The number of benzene rings is 1. The van der Waals surface area contributed by atoms with Gasteiger partial charge in [-0.2, -0.15) is 0 Å². The SMILES string of the molecule is [B]c1ccccc1C(=O)Nc1cnc2[nH]c(CNc3ccncc3)cc2c1. The van der Waals surface area contributed by atoms with Gasteiger partial charge >= 0.3 is 0 Å². The van der Waals surface area contributed by atoms with Crippen molar-refractivity contribution < 1.29 is 4.79 Å². The van der Waals surface area contributed by atoms with Gasteiger partial charge in [-0.1, -0.05) is 29.7 Å². The molecule has 1 aromatic carbocycles. The Kier molecular flexibility index (Phi) is 4.57. The summed E-state index contributed by atoms with van der Waals surface area (Å²) in [6.07, 6.45) is 5.10. The number of hydrogen-bond acceptors (Lipinski definition) is 4. The molecule has 0 atom stereocenters. The molecule has 0 aliphatic carbocycles. The van der Waals surface area contributed by atoms with Gasteiger partial charge in [-0.15, -0.1) is 0 Å². The monoisotopic (exact) mass is 353 g/mol. The molecular weight excluding hydrogens is 337 g/mol. The number of aromatic amines is 1. The van der Waals surface area contributed by atoms with E-state index in [1.807, 2.05) is 24.3 Å². The maximum Gasteiger partial charge on any atom is 0.255 e. The molecule has 130 valence electrons. The summed E-state index contributed by atoms with van der Waals surface area (Å²) in [6.45, 7) is 0.628. The van der Waals surface area contributed by atoms with Crippen LogP contribution in [0.2, 0.25) is 0 Å². The predicted molar refractivity (Wildman–Crippen MR) is 107 cm³/mol. The zero-order valence-electron chi connectivity index (χ0n) is 14.4. The Labute approximate surface area is 157 Å². The van der Waals surface area contributed by atoms with Gasteiger partial charge in [0, 0.05) is 34.7 Å². The lowest BCUT2D eigenvalue weighted by Crippen LogP contribution is -2.21. The maximum atomic E-state index is 12.4. The molecule has 27 heavy (non-hydrogen) atoms. The average molecular weight is 353 g/mol. The van der Waals surface area contributed by atoms with Crippen LogP contribution in [0.3, 0.4) is 0 Å². The molecule has 0 aliphatic rings. The number of amides is 1. The predicted octanol–water partition coefficient (Wildman–Crippen LogP) is 2.62. The highest BCUT2D eigenvalue weighted by Crippen LogP contribution is 2.19. The van der Waals surface area contributed by atoms with Crippen molar-refractivity contribution in [3.8, 4) is 0 Å². The number of hydrogen-bond donors (Lipinski definition) is 3. The van der Waals surface area contributed by atoms with Crippen LogP contribution in [0.4, 0.5) is 11.4 Å². The van der Waals surface area contributed by atoms with Crippen LogP contribution >= 0.6 is 0 Å². The van der Waals surface area contributed by atoms with Gasteiger partial charge in [-0.25, -0.2) is 4.98 Å². The summed E-state index contributed by atoms with van der Waals surface area (Å²) in [5.41, 5.74) is 4.24. The molecule has 0 saturated carbocycles. The number of nitrogens with zero attached hydrogens (tertiary/aromatic N) is 2. The highest BCUT2D eigenvalue weighted by atomic mass is 16.1. The van der Waals surface area contributed by atoms with Crippen molar-refractivity contribution in [3.05, 3.63) is 78.4 Å². The van der Waals surface area contributed by atoms with E-state index in [2.05, 4.69) is 25.6 Å². The number of aromatic nitrogens is 3. The second-order valence-electron chi connectivity index (χ2n) is 6.09. The molecule has 3 heterocycles. The zero-order valence-corrected chi connectivity index (χ0v) is 14.4. The lowest BCUT2D eigenvalue weighted by molar-refractivity contribution is 0.102. The standard InChI is InChI=1S/C20H16BN5O/c21-18-4-2-1-3-17(18)20(27)26-16-10-13-9-15(25-19(13)24-12-16)11-23-14-5-7-22-8-6-14/h1-10,12H,11H2,(H,22,23)(H,24,25)(H,26,27). The first-order chi connectivity index (χ1) is 13.2. The number of rotatable bonds is 5. The molecule has 0 unspecified atom stereocenters. The fourth-order valence-electron chi connectivity index (χ4n) is 2.80. The molecule has 3 N–H and O–H groups in total. The van der Waals surface area contributed by atoms with E-state index in [1.54, 1.807) is 42.9 Å². The minimum absolute atomic E-state index is 0.260. The Morgan fingerprint density at radius 2 is 1.89 bits per heavy atom. The van der Waals surface area contributed by atoms with Crippen LogP contribution < -0.4 is 16.1 Å². The van der Waals surface area contributed by atoms with E-state index < -0.39 is 0 Å². The molecule has 0 aliphatic heterocycles. The summed E-state index contributed by atoms with van der Waals surface area (Å²) >= 11 is 0. The molecule has 0 bridgehead atoms. The first kappa shape index (κ1) is 16.8. The van der Waals surface area contributed by atoms with Crippen LogP contribution in [-0.4, -0.2) is 28.7 Å². The van der Waals surface area contributed by atoms with Crippen molar-refractivity contribution in [2.45, 2.75) is 6.54 Å². The zero-order chi connectivity index (χ0) is 18.6. The number of pyridine rings is 2. The van der Waals surface area contributed by atoms with Crippen LogP contribution in [0.25, 0.3) is 11.0 Å². The van der Waals surface area contributed by atoms with Crippen LogP contribution in [0.15, 0.2) is 67.1 Å². The average Bonchev–Trinajstić information content (AvgIpc) is 3.10. The smallest absolute Gasteiger partial charge is 0.255 e. The van der Waals surface area contributed by atoms with Crippen molar-refractivity contribution in [3.63, 3.8) is 0 Å². The third-order valence-electron chi connectivity index (χ3n) is 4.15. The normalized spacial score (nSPS) is 10.7. The Bertz CT molecular complexity index is 1090. The van der Waals surface area contributed by atoms with Crippen molar-refractivity contribution in [2.24, 2.45) is 0 Å². The Balaban J connectivity index is 1.49. The van der Waals surface area contributed by atoms with Gasteiger partial charge in [0.05, 0.1) is 18.4 Å². The molecule has 4 rings (SSSR count). The highest BCUT2D eigenvalue weighted by molar-refractivity contribution is 6.37. The first-order valence-electron chi connectivity index (χ1n) is 8.46. The summed E-state index contributed by atoms with van der Waals surface area (Å²) in [5, 5.41) is 7.07. The number of carbonyl (C=O) groups excluding carboxylic acids is 1. The Morgan fingerprint density at radius 1 is 1.07 bits per heavy atom. The molecule has 0 spiro atoms. The van der Waals surface area contributed by atoms with Crippen LogP contribution in [0.1, 0.15) is 16.1 Å². The van der Waals surface area contributed by atoms with Crippen LogP contribution in [0.5, 0.6) is 0 Å². The van der Waals surface area contributed by atoms with Crippen molar-refractivity contribution in [1.29, 1.82) is 0 Å². The number of H-pyrrole nitrogens is 1. The topological polar surface area (TPSA) is 82.7 Å². The number of fused-ring (bicyclic) bond motifs is 1. The van der Waals surface area contributed by atoms with E-state index in [1.165, 1.54) is 0 Å². The summed E-state index contributed by atoms with van der Waals surface area (Å²) in [7, 11) is 5.86. The minimum atomic E-state index is -0.260. The Hall–Kier alpha value is -3.61. The van der Waals surface area contributed by atoms with Gasteiger partial charge in [0.15, 0.2) is 0 Å². The largest absolute Gasteiger partial charge is 0.379 e. The van der Waals surface area contributed by atoms with Crippen molar-refractivity contribution in [1.82, 2.24) is 15.0 Å². The number of carbonyl (C=O) groups is 1. The van der Waals surface area contributed by atoms with Gasteiger partial charge < -0.3 is 15.6 Å². The lowest BCUT2D eigenvalue weighted by Gasteiger charge is -2.07. The van der Waals surface area contributed by atoms with Crippen molar-refractivity contribution >= 4 is 41.6 Å². The van der Waals surface area contributed by atoms with Gasteiger partial charge in [-0.3, -0.25) is 9.78 Å². The van der Waals surface area contributed by atoms with Gasteiger partial charge in [0.2, 0.25) is 0 Å². The quantitative estimate of drug-likeness (QED) is 0.482. The summed E-state index contributed by atoms with van der Waals surface area (Å²) in [5.74, 6) is -0.260. The van der Waals surface area contributed by atoms with E-state index in [4.69, 9.17) is 7.85 Å². The van der Waals surface area contributed by atoms with E-state index in [0.29, 0.717) is 23.3 Å². The van der Waals surface area contributed by atoms with E-state index in [-0.39, 0.29) is 5.91 Å². The Morgan fingerprint density at radius 3 is 2.70 bits per heavy atom. The van der Waals surface area contributed by atoms with Gasteiger partial charge in [0.1, 0.15) is 13.5 Å². The molecule has 6 nitrogen and oxygen atoms in total. The summed E-state index contributed by atoms with van der Waals surface area (Å²) in [4.78, 5) is 24.0. The summed E-state index contributed by atoms with van der Waals surface area (Å²) < 4.78 is 0. The third kappa shape index (κ3) is 3.82. The fraction of sp³-hybridized carbons (Fsp3) is 0.0500. The molecular formula is C20H16BN5O. The third-order valence-corrected chi connectivity index (χ3v) is 4.15. The molecule has 4 aromatic rings. The minimum Gasteiger partial charge on any atom is -0.379 e. The number of anilines is 2. The van der Waals surface area contributed by atoms with Crippen LogP contribution in [-0.2, 0) is 6.54 Å². The van der Waals surface area contributed by atoms with Crippen LogP contribution in [0, 0.1) is 0 Å². The second-order valence-corrected chi connectivity index (χ2v) is 6.09. The van der Waals surface area contributed by atoms with Crippen molar-refractivity contribution in [2.75, 3.05) is 10.6 Å². The van der Waals surface area contributed by atoms with Gasteiger partial charge in [0.25, 0.3) is 5.91 Å². The van der Waals surface area contributed by atoms with Gasteiger partial charge in [-0.05, 0) is 24.3 Å². The fourth-order valence-corrected chi connectivity index (χ4v) is 2.80. The first-order valence-corrected chi connectivity index (χ1v) is 8.46. The molecule has 0 saturated heterocycles. The molecule has 1 amide bonds. The number of nitrogens with one attached hydrogen (secondary N) is 3. The van der Waals surface area contributed by atoms with E-state index in [0.717, 1.165) is 22.4 Å². The molecule has 2 radical (unpaired) electrons. The maximum absolute atomic E-state index is 12.4. The second kappa shape index (κ2) is 7.33. The molecule has 0 fully saturated rings. The molecule has 7 heteroatoms. The van der Waals surface area contributed by atoms with E-state index >= 15 is 0 Å². The highest BCUT2D eigenvalue weighted by Gasteiger charge is 2.10. The van der Waals surface area contributed by atoms with E-state index in [9.17, 15) is 4.79 Å². The molecule has 3 aromatic heterocycles. The summed E-state index contributed by atoms with van der Waals surface area (Å²) in [6, 6.07) is 14.7.